The molecule has 5 aromatic carbocycles. The lowest BCUT2D eigenvalue weighted by Gasteiger charge is -2.33. The number of rotatable bonds is 31. The van der Waals surface area contributed by atoms with Crippen LogP contribution in [0.4, 0.5) is 0 Å². The normalized spacial score (nSPS) is 13.6. The van der Waals surface area contributed by atoms with E-state index in [4.69, 9.17) is 45.8 Å². The van der Waals surface area contributed by atoms with Gasteiger partial charge in [-0.2, -0.15) is 0 Å². The third kappa shape index (κ3) is 17.7. The average molecular weight is 1190 g/mol. The van der Waals surface area contributed by atoms with Gasteiger partial charge in [0.2, 0.25) is 0 Å². The highest BCUT2D eigenvalue weighted by Gasteiger charge is 2.24. The summed E-state index contributed by atoms with van der Waals surface area (Å²) in [4.78, 5) is 65.4. The lowest BCUT2D eigenvalue weighted by atomic mass is 10.2. The number of nitrogens with zero attached hydrogens (tertiary/aromatic N) is 3. The number of hydrogen-bond acceptors (Lipinski definition) is 23. The summed E-state index contributed by atoms with van der Waals surface area (Å²) in [7, 11) is 0. The van der Waals surface area contributed by atoms with Crippen LogP contribution in [0, 0.1) is 0 Å². The van der Waals surface area contributed by atoms with Crippen LogP contribution in [0.3, 0.4) is 0 Å². The van der Waals surface area contributed by atoms with Gasteiger partial charge in [-0.25, -0.2) is 24.0 Å². The molecule has 0 fully saturated rings. The molecule has 0 aliphatic rings. The van der Waals surface area contributed by atoms with Crippen molar-refractivity contribution in [2.45, 2.75) is 30.5 Å². The van der Waals surface area contributed by atoms with Crippen LogP contribution in [0.2, 0.25) is 0 Å². The highest BCUT2D eigenvalue weighted by molar-refractivity contribution is 5.80. The van der Waals surface area contributed by atoms with Crippen molar-refractivity contribution in [2.75, 3.05) is 91.9 Å². The quantitative estimate of drug-likeness (QED) is 0.0370. The molecular formula is C64H63N3O20. The van der Waals surface area contributed by atoms with E-state index < -0.39 is 58.6 Å². The Morgan fingerprint density at radius 2 is 0.460 bits per heavy atom. The second-order valence-corrected chi connectivity index (χ2v) is 20.9. The van der Waals surface area contributed by atoms with Gasteiger partial charge in [-0.15, -0.1) is 0 Å². The minimum atomic E-state index is -1.14. The second kappa shape index (κ2) is 28.8. The molecule has 10 rings (SSSR count). The number of fused-ring (bicyclic) bond motifs is 5. The molecule has 5 heterocycles. The molecule has 0 amide bonds. The largest absolute Gasteiger partial charge is 0.491 e. The van der Waals surface area contributed by atoms with E-state index in [0.717, 1.165) is 0 Å². The fraction of sp³-hybridized carbons (Fsp3) is 0.297. The summed E-state index contributed by atoms with van der Waals surface area (Å²) in [6.45, 7) is -0.361. The molecule has 454 valence electrons. The standard InChI is InChI=1S/C64H63N3O20/c68-45(35-78-50-11-1-40-6-16-60(73)83-55(40)25-50)30-65(21-23-66(31-46(69)36-79-51-12-2-41-7-17-61(74)84-56(41)26-51)32-47(70)37-80-52-13-3-42-8-18-62(75)85-57(42)27-52)22-24-67(33-48(71)38-81-53-14-4-43-9-19-63(76)86-58(43)28-53)34-49(72)39-82-54-15-5-44-10-20-64(77)87-59(44)29-54/h1-20,25-29,45-49,68-72H,21-24,30-39H2. The van der Waals surface area contributed by atoms with Gasteiger partial charge in [-0.1, -0.05) is 0 Å². The van der Waals surface area contributed by atoms with Gasteiger partial charge in [0, 0.05) is 146 Å². The third-order valence-electron chi connectivity index (χ3n) is 14.0. The van der Waals surface area contributed by atoms with Gasteiger partial charge in [-0.3, -0.25) is 14.7 Å². The Bertz CT molecular complexity index is 3830. The highest BCUT2D eigenvalue weighted by Crippen LogP contribution is 2.25. The van der Waals surface area contributed by atoms with Crippen molar-refractivity contribution >= 4 is 54.8 Å². The summed E-state index contributed by atoms with van der Waals surface area (Å²) >= 11 is 0. The molecule has 0 saturated heterocycles. The Labute approximate surface area is 494 Å². The SMILES string of the molecule is O=c1ccc2ccc(OCC(O)CN(CCN(CC(O)COc3ccc4ccc(=O)oc4c3)CC(O)COc3ccc4ccc(=O)oc4c3)CCN(CC(O)COc3ccc4ccc(=O)oc4c3)CC(O)COc3ccc4ccc(=O)oc4c3)cc2o1. The smallest absolute Gasteiger partial charge is 0.336 e. The van der Waals surface area contributed by atoms with Crippen molar-refractivity contribution < 1.29 is 71.3 Å². The zero-order valence-electron chi connectivity index (χ0n) is 46.9. The maximum atomic E-state index is 12.0. The summed E-state index contributed by atoms with van der Waals surface area (Å²) in [5.41, 5.74) is -1.19. The molecule has 5 aromatic heterocycles. The summed E-state index contributed by atoms with van der Waals surface area (Å²) in [5, 5.41) is 61.3. The van der Waals surface area contributed by atoms with E-state index in [0.29, 0.717) is 83.6 Å². The van der Waals surface area contributed by atoms with Crippen molar-refractivity contribution in [3.8, 4) is 28.7 Å². The van der Waals surface area contributed by atoms with Gasteiger partial charge in [0.05, 0.1) is 0 Å². The number of aliphatic hydroxyl groups is 5. The number of hydrogen-bond donors (Lipinski definition) is 5. The Hall–Kier alpha value is -9.17. The van der Waals surface area contributed by atoms with Crippen molar-refractivity contribution in [3.05, 3.63) is 204 Å². The van der Waals surface area contributed by atoms with Gasteiger partial charge >= 0.3 is 28.1 Å². The fourth-order valence-electron chi connectivity index (χ4n) is 9.74. The number of ether oxygens (including phenoxy) is 5. The Morgan fingerprint density at radius 3 is 0.678 bits per heavy atom. The molecule has 0 aliphatic heterocycles. The van der Waals surface area contributed by atoms with Crippen molar-refractivity contribution in [3.63, 3.8) is 0 Å². The van der Waals surface area contributed by atoms with E-state index in [1.165, 1.54) is 30.3 Å². The van der Waals surface area contributed by atoms with E-state index in [1.807, 2.05) is 4.90 Å². The zero-order chi connectivity index (χ0) is 60.8. The first-order chi connectivity index (χ1) is 42.1. The topological polar surface area (TPSA) is 308 Å². The van der Waals surface area contributed by atoms with Crippen LogP contribution < -0.4 is 51.8 Å². The van der Waals surface area contributed by atoms with Crippen LogP contribution in [0.5, 0.6) is 28.7 Å². The van der Waals surface area contributed by atoms with Crippen molar-refractivity contribution in [1.29, 1.82) is 0 Å². The maximum absolute atomic E-state index is 12.0. The van der Waals surface area contributed by atoms with E-state index in [-0.39, 0.29) is 91.9 Å². The third-order valence-corrected chi connectivity index (χ3v) is 14.0. The predicted octanol–water partition coefficient (Wildman–Crippen LogP) is 4.62. The van der Waals surface area contributed by atoms with Gasteiger partial charge in [0.15, 0.2) is 0 Å². The lowest BCUT2D eigenvalue weighted by molar-refractivity contribution is 0.0142. The predicted molar refractivity (Wildman–Crippen MR) is 319 cm³/mol. The summed E-state index contributed by atoms with van der Waals surface area (Å²) in [6, 6.07) is 39.4. The Kier molecular flexibility index (Phi) is 20.2. The minimum absolute atomic E-state index is 0.00532. The number of aliphatic hydroxyl groups excluding tert-OH is 5. The molecule has 5 N–H and O–H groups in total. The first-order valence-corrected chi connectivity index (χ1v) is 28.0. The number of benzene rings is 5. The maximum Gasteiger partial charge on any atom is 0.336 e. The molecule has 23 nitrogen and oxygen atoms in total. The molecule has 10 aromatic rings. The van der Waals surface area contributed by atoms with Crippen molar-refractivity contribution in [1.82, 2.24) is 14.7 Å². The summed E-state index contributed by atoms with van der Waals surface area (Å²) < 4.78 is 56.5. The average Bonchev–Trinajstić information content (AvgIpc) is 3.70. The van der Waals surface area contributed by atoms with Crippen molar-refractivity contribution in [2.24, 2.45) is 0 Å². The Morgan fingerprint density at radius 1 is 0.276 bits per heavy atom. The first kappa shape index (κ1) is 60.9. The molecule has 0 radical (unpaired) electrons. The highest BCUT2D eigenvalue weighted by atomic mass is 16.5. The van der Waals surface area contributed by atoms with Gasteiger partial charge < -0.3 is 71.3 Å². The van der Waals surface area contributed by atoms with E-state index in [9.17, 15) is 49.5 Å². The molecular weight excluding hydrogens is 1130 g/mol. The van der Waals surface area contributed by atoms with Crippen LogP contribution in [0.1, 0.15) is 0 Å². The van der Waals surface area contributed by atoms with Crippen LogP contribution in [-0.4, -0.2) is 163 Å². The van der Waals surface area contributed by atoms with Crippen LogP contribution in [0.25, 0.3) is 54.8 Å². The van der Waals surface area contributed by atoms with Gasteiger partial charge in [0.25, 0.3) is 0 Å². The second-order valence-electron chi connectivity index (χ2n) is 20.9. The summed E-state index contributed by atoms with van der Waals surface area (Å²) in [5.74, 6) is 1.68. The molecule has 0 bridgehead atoms. The fourth-order valence-corrected chi connectivity index (χ4v) is 9.74. The monoisotopic (exact) mass is 1190 g/mol. The van der Waals surface area contributed by atoms with Gasteiger partial charge in [0.1, 0.15) is 120 Å². The lowest BCUT2D eigenvalue weighted by Crippen LogP contribution is -2.49. The molecule has 5 atom stereocenters. The minimum Gasteiger partial charge on any atom is -0.491 e. The van der Waals surface area contributed by atoms with Gasteiger partial charge in [-0.05, 0) is 91.0 Å². The molecule has 0 spiro atoms. The summed E-state index contributed by atoms with van der Waals surface area (Å²) in [6.07, 6.45) is -5.67. The van der Waals surface area contributed by atoms with E-state index in [1.54, 1.807) is 131 Å². The molecule has 23 heteroatoms. The van der Waals surface area contributed by atoms with Crippen LogP contribution in [0.15, 0.2) is 198 Å². The molecule has 0 saturated carbocycles. The molecule has 0 aliphatic carbocycles. The van der Waals surface area contributed by atoms with Crippen LogP contribution >= 0.6 is 0 Å². The first-order valence-electron chi connectivity index (χ1n) is 28.0. The van der Waals surface area contributed by atoms with E-state index in [2.05, 4.69) is 0 Å². The van der Waals surface area contributed by atoms with Crippen LogP contribution in [-0.2, 0) is 0 Å². The zero-order valence-corrected chi connectivity index (χ0v) is 46.9. The Balaban J connectivity index is 0.864. The molecule has 5 unspecified atom stereocenters. The molecule has 87 heavy (non-hydrogen) atoms. The van der Waals surface area contributed by atoms with E-state index >= 15 is 0 Å².